The Balaban J connectivity index is 0.00000385. The summed E-state index contributed by atoms with van der Waals surface area (Å²) in [6.45, 7) is 0.949. The van der Waals surface area contributed by atoms with Crippen molar-refractivity contribution in [2.75, 3.05) is 34.8 Å². The number of carbonyl (C=O) groups excluding carboxylic acids is 2. The molecule has 33 heavy (non-hydrogen) atoms. The van der Waals surface area contributed by atoms with Crippen molar-refractivity contribution >= 4 is 41.0 Å². The Morgan fingerprint density at radius 3 is 2.61 bits per heavy atom. The Hall–Kier alpha value is -3.29. The molecule has 13 nitrogen and oxygen atoms in total. The van der Waals surface area contributed by atoms with Crippen molar-refractivity contribution in [2.45, 2.75) is 24.9 Å². The van der Waals surface area contributed by atoms with E-state index in [1.807, 2.05) is 0 Å². The molecule has 2 atom stereocenters. The Kier molecular flexibility index (Phi) is 9.08. The fourth-order valence-corrected chi connectivity index (χ4v) is 3.09. The van der Waals surface area contributed by atoms with Crippen LogP contribution in [0, 0.1) is 0 Å². The van der Waals surface area contributed by atoms with Gasteiger partial charge in [-0.15, -0.1) is 0 Å². The number of aromatic amines is 1. The number of nitrogen functional groups attached to an aromatic ring is 1. The van der Waals surface area contributed by atoms with E-state index < -0.39 is 30.3 Å². The number of aromatic nitrogens is 2. The maximum atomic E-state index is 12.3. The van der Waals surface area contributed by atoms with Crippen molar-refractivity contribution in [1.29, 1.82) is 0 Å². The van der Waals surface area contributed by atoms with Crippen molar-refractivity contribution in [3.8, 4) is 0 Å². The molecule has 0 bridgehead atoms. The van der Waals surface area contributed by atoms with Crippen LogP contribution in [-0.4, -0.2) is 58.1 Å². The van der Waals surface area contributed by atoms with E-state index in [0.717, 1.165) is 0 Å². The van der Waals surface area contributed by atoms with Gasteiger partial charge in [0.1, 0.15) is 11.7 Å². The molecule has 14 heteroatoms. The molecule has 2 aromatic rings. The van der Waals surface area contributed by atoms with Crippen LogP contribution in [0.5, 0.6) is 0 Å². The van der Waals surface area contributed by atoms with Crippen LogP contribution in [0.25, 0.3) is 0 Å². The molecule has 1 unspecified atom stereocenters. The molecule has 0 spiro atoms. The molecule has 1 aliphatic heterocycles. The SMILES string of the molecule is Nc1nc2c(c(=O)[nH]1)NC(CNc1ccc(C(=O)N[C@@H](CCC(=O)[O-])C(=O)O)cc1)CN2.[Na+]. The smallest absolute Gasteiger partial charge is 0.550 e. The van der Waals surface area contributed by atoms with Crippen LogP contribution in [-0.2, 0) is 9.59 Å². The number of nitrogens with one attached hydrogen (secondary N) is 5. The van der Waals surface area contributed by atoms with E-state index in [1.54, 1.807) is 12.1 Å². The Morgan fingerprint density at radius 2 is 1.97 bits per heavy atom. The molecule has 8 N–H and O–H groups in total. The maximum absolute atomic E-state index is 12.3. The molecule has 1 aliphatic rings. The second kappa shape index (κ2) is 11.5. The van der Waals surface area contributed by atoms with Gasteiger partial charge in [-0.05, 0) is 37.1 Å². The average Bonchev–Trinajstić information content (AvgIpc) is 2.75. The zero-order chi connectivity index (χ0) is 23.3. The van der Waals surface area contributed by atoms with Crippen molar-refractivity contribution in [1.82, 2.24) is 15.3 Å². The van der Waals surface area contributed by atoms with Crippen LogP contribution < -0.4 is 67.2 Å². The zero-order valence-electron chi connectivity index (χ0n) is 17.8. The van der Waals surface area contributed by atoms with Crippen molar-refractivity contribution in [3.63, 3.8) is 0 Å². The van der Waals surface area contributed by atoms with Gasteiger partial charge in [-0.2, -0.15) is 4.98 Å². The summed E-state index contributed by atoms with van der Waals surface area (Å²) < 4.78 is 0. The molecule has 2 heterocycles. The second-order valence-electron chi connectivity index (χ2n) is 7.13. The minimum absolute atomic E-state index is 0. The number of nitrogens with two attached hydrogens (primary N) is 1. The number of anilines is 4. The predicted molar refractivity (Wildman–Crippen MR) is 113 cm³/mol. The van der Waals surface area contributed by atoms with Crippen LogP contribution in [0.15, 0.2) is 29.1 Å². The second-order valence-corrected chi connectivity index (χ2v) is 7.13. The molecule has 0 saturated carbocycles. The Labute approximate surface area is 209 Å². The average molecular weight is 467 g/mol. The van der Waals surface area contributed by atoms with Crippen LogP contribution in [0.3, 0.4) is 0 Å². The number of carboxylic acid groups (broad SMARTS) is 2. The summed E-state index contributed by atoms with van der Waals surface area (Å²) in [6, 6.07) is 4.84. The molecule has 1 aromatic carbocycles. The molecule has 0 fully saturated rings. The van der Waals surface area contributed by atoms with Gasteiger partial charge in [0.05, 0.1) is 6.04 Å². The first kappa shape index (κ1) is 26.0. The topological polar surface area (TPSA) is 214 Å². The summed E-state index contributed by atoms with van der Waals surface area (Å²) in [7, 11) is 0. The summed E-state index contributed by atoms with van der Waals surface area (Å²) in [5.41, 5.74) is 6.37. The largest absolute Gasteiger partial charge is 1.00 e. The van der Waals surface area contributed by atoms with Crippen LogP contribution in [0.2, 0.25) is 0 Å². The van der Waals surface area contributed by atoms with E-state index in [-0.39, 0.29) is 59.1 Å². The number of nitrogens with zero attached hydrogens (tertiary/aromatic N) is 1. The van der Waals surface area contributed by atoms with Gasteiger partial charge in [-0.25, -0.2) is 4.79 Å². The number of fused-ring (bicyclic) bond motifs is 1. The van der Waals surface area contributed by atoms with Gasteiger partial charge < -0.3 is 42.0 Å². The molecular weight excluding hydrogens is 445 g/mol. The number of carbonyl (C=O) groups is 3. The molecule has 170 valence electrons. The van der Waals surface area contributed by atoms with Gasteiger partial charge in [0.2, 0.25) is 5.95 Å². The van der Waals surface area contributed by atoms with E-state index in [9.17, 15) is 24.3 Å². The van der Waals surface area contributed by atoms with Crippen LogP contribution in [0.4, 0.5) is 23.1 Å². The van der Waals surface area contributed by atoms with Crippen LogP contribution in [0.1, 0.15) is 23.2 Å². The fourth-order valence-electron chi connectivity index (χ4n) is 3.09. The van der Waals surface area contributed by atoms with E-state index >= 15 is 0 Å². The molecule has 1 aromatic heterocycles. The molecule has 3 rings (SSSR count). The minimum atomic E-state index is -1.39. The number of hydrogen-bond donors (Lipinski definition) is 7. The molecule has 0 aliphatic carbocycles. The van der Waals surface area contributed by atoms with Gasteiger partial charge in [-0.1, -0.05) is 0 Å². The number of rotatable bonds is 9. The number of hydrogen-bond acceptors (Lipinski definition) is 10. The van der Waals surface area contributed by atoms with Crippen molar-refractivity contribution in [3.05, 3.63) is 40.2 Å². The molecule has 1 amide bonds. The Morgan fingerprint density at radius 1 is 1.27 bits per heavy atom. The molecule has 0 saturated heterocycles. The fraction of sp³-hybridized carbons (Fsp3) is 0.316. The van der Waals surface area contributed by atoms with E-state index in [4.69, 9.17) is 10.8 Å². The van der Waals surface area contributed by atoms with E-state index in [0.29, 0.717) is 30.3 Å². The monoisotopic (exact) mass is 467 g/mol. The van der Waals surface area contributed by atoms with Gasteiger partial charge in [-0.3, -0.25) is 14.6 Å². The summed E-state index contributed by atoms with van der Waals surface area (Å²) in [5, 5.41) is 31.3. The normalized spacial score (nSPS) is 15.0. The van der Waals surface area contributed by atoms with Gasteiger partial charge in [0.15, 0.2) is 5.82 Å². The number of amides is 1. The van der Waals surface area contributed by atoms with Gasteiger partial charge in [0.25, 0.3) is 11.5 Å². The first-order valence-corrected chi connectivity index (χ1v) is 9.70. The van der Waals surface area contributed by atoms with Crippen molar-refractivity contribution < 1.29 is 54.2 Å². The van der Waals surface area contributed by atoms with Gasteiger partial charge >= 0.3 is 35.5 Å². The number of aliphatic carboxylic acids is 2. The predicted octanol–water partition coefficient (Wildman–Crippen LogP) is -4.61. The Bertz CT molecular complexity index is 1080. The maximum Gasteiger partial charge on any atom is 1.00 e. The quantitative estimate of drug-likeness (QED) is 0.174. The van der Waals surface area contributed by atoms with Crippen LogP contribution >= 0.6 is 0 Å². The standard InChI is InChI=1S/C19H23N7O6.Na/c20-19-25-15-14(17(30)26-19)23-11(8-22-15)7-21-10-3-1-9(2-4-10)16(29)24-12(18(31)32)5-6-13(27)28;/h1-4,11-12,21,23H,5-8H2,(H,24,29)(H,27,28)(H,31,32)(H4,20,22,25,26,30);/q;+1/p-1/t11?,12-;/m0./s1. The third-order valence-electron chi connectivity index (χ3n) is 4.74. The number of H-pyrrole nitrogens is 1. The number of benzene rings is 1. The van der Waals surface area contributed by atoms with E-state index in [1.165, 1.54) is 12.1 Å². The zero-order valence-corrected chi connectivity index (χ0v) is 19.8. The summed E-state index contributed by atoms with van der Waals surface area (Å²) in [5.74, 6) is -2.95. The summed E-state index contributed by atoms with van der Waals surface area (Å²) in [6.07, 6.45) is -0.760. The molecular formula is C19H22N7NaO6. The summed E-state index contributed by atoms with van der Waals surface area (Å²) >= 11 is 0. The first-order chi connectivity index (χ1) is 15.2. The van der Waals surface area contributed by atoms with Crippen molar-refractivity contribution in [2.24, 2.45) is 0 Å². The molecule has 0 radical (unpaired) electrons. The third-order valence-corrected chi connectivity index (χ3v) is 4.74. The van der Waals surface area contributed by atoms with Gasteiger partial charge in [0, 0.05) is 30.3 Å². The minimum Gasteiger partial charge on any atom is -0.550 e. The first-order valence-electron chi connectivity index (χ1n) is 9.70. The van der Waals surface area contributed by atoms with E-state index in [2.05, 4.69) is 31.2 Å². The third kappa shape index (κ3) is 7.10. The number of carboxylic acids is 2. The summed E-state index contributed by atoms with van der Waals surface area (Å²) in [4.78, 5) is 52.4.